The maximum atomic E-state index is 5.78. The van der Waals surface area contributed by atoms with Crippen LogP contribution in [0.5, 0.6) is 0 Å². The lowest BCUT2D eigenvalue weighted by molar-refractivity contribution is -0.0462. The van der Waals surface area contributed by atoms with Crippen molar-refractivity contribution in [3.63, 3.8) is 0 Å². The lowest BCUT2D eigenvalue weighted by Crippen LogP contribution is -2.54. The van der Waals surface area contributed by atoms with Crippen LogP contribution in [0.1, 0.15) is 26.7 Å². The summed E-state index contributed by atoms with van der Waals surface area (Å²) in [6.07, 6.45) is 2.25. The first-order valence-corrected chi connectivity index (χ1v) is 6.11. The zero-order valence-electron chi connectivity index (χ0n) is 10.5. The van der Waals surface area contributed by atoms with E-state index in [1.807, 2.05) is 6.92 Å². The number of ether oxygens (including phenoxy) is 1. The quantitative estimate of drug-likeness (QED) is 0.402. The van der Waals surface area contributed by atoms with Gasteiger partial charge in [-0.1, -0.05) is 12.5 Å². The summed E-state index contributed by atoms with van der Waals surface area (Å²) < 4.78 is 5.78. The minimum absolute atomic E-state index is 0.178. The molecule has 1 aliphatic rings. The van der Waals surface area contributed by atoms with Gasteiger partial charge in [0.2, 0.25) is 0 Å². The molecular formula is C12H25N3O. The Morgan fingerprint density at radius 1 is 1.69 bits per heavy atom. The number of morpholine rings is 1. The molecule has 0 aromatic heterocycles. The molecule has 1 heterocycles. The van der Waals surface area contributed by atoms with Crippen molar-refractivity contribution in [3.8, 4) is 0 Å². The fourth-order valence-corrected chi connectivity index (χ4v) is 2.17. The molecule has 94 valence electrons. The number of hydrogen-bond acceptors (Lipinski definition) is 4. The van der Waals surface area contributed by atoms with Crippen LogP contribution in [0.4, 0.5) is 0 Å². The molecule has 4 heteroatoms. The second-order valence-corrected chi connectivity index (χ2v) is 4.64. The van der Waals surface area contributed by atoms with Gasteiger partial charge < -0.3 is 4.74 Å². The van der Waals surface area contributed by atoms with E-state index >= 15 is 0 Å². The van der Waals surface area contributed by atoms with Crippen LogP contribution < -0.4 is 11.3 Å². The Morgan fingerprint density at radius 3 is 3.00 bits per heavy atom. The average molecular weight is 227 g/mol. The minimum atomic E-state index is 0.178. The first-order valence-electron chi connectivity index (χ1n) is 6.11. The van der Waals surface area contributed by atoms with E-state index in [0.29, 0.717) is 0 Å². The minimum Gasteiger partial charge on any atom is -0.374 e. The van der Waals surface area contributed by atoms with Gasteiger partial charge in [0.15, 0.2) is 0 Å². The van der Waals surface area contributed by atoms with Crippen molar-refractivity contribution in [2.45, 2.75) is 38.8 Å². The summed E-state index contributed by atoms with van der Waals surface area (Å²) in [6.45, 7) is 12.1. The number of nitrogens with two attached hydrogens (primary N) is 1. The van der Waals surface area contributed by atoms with Gasteiger partial charge in [-0.15, -0.1) is 6.58 Å². The van der Waals surface area contributed by atoms with Gasteiger partial charge in [0, 0.05) is 13.1 Å². The molecule has 0 radical (unpaired) electrons. The molecule has 0 amide bonds. The lowest BCUT2D eigenvalue weighted by atomic mass is 10.0. The monoisotopic (exact) mass is 227 g/mol. The molecule has 2 atom stereocenters. The van der Waals surface area contributed by atoms with Crippen molar-refractivity contribution >= 4 is 0 Å². The van der Waals surface area contributed by atoms with E-state index < -0.39 is 0 Å². The zero-order valence-corrected chi connectivity index (χ0v) is 10.5. The van der Waals surface area contributed by atoms with Crippen molar-refractivity contribution < 1.29 is 4.74 Å². The normalized spacial score (nSPS) is 24.3. The van der Waals surface area contributed by atoms with Gasteiger partial charge in [-0.2, -0.15) is 0 Å². The topological polar surface area (TPSA) is 50.5 Å². The zero-order chi connectivity index (χ0) is 12.0. The van der Waals surface area contributed by atoms with Gasteiger partial charge in [0.25, 0.3) is 0 Å². The van der Waals surface area contributed by atoms with Gasteiger partial charge in [0.1, 0.15) is 0 Å². The van der Waals surface area contributed by atoms with Gasteiger partial charge in [-0.05, 0) is 26.3 Å². The van der Waals surface area contributed by atoms with Crippen LogP contribution in [0.15, 0.2) is 12.2 Å². The highest BCUT2D eigenvalue weighted by Crippen LogP contribution is 2.14. The van der Waals surface area contributed by atoms with Crippen molar-refractivity contribution in [2.24, 2.45) is 5.84 Å². The maximum Gasteiger partial charge on any atom is 0.0871 e. The average Bonchev–Trinajstić information content (AvgIpc) is 2.26. The molecule has 0 bridgehead atoms. The Hall–Kier alpha value is -0.420. The number of hydrazine groups is 1. The SMILES string of the molecule is C=C(C)CC(NN)C1CN(CCC)CCO1. The summed E-state index contributed by atoms with van der Waals surface area (Å²) in [7, 11) is 0. The van der Waals surface area contributed by atoms with Crippen LogP contribution in [-0.4, -0.2) is 43.3 Å². The van der Waals surface area contributed by atoms with Crippen molar-refractivity contribution in [1.82, 2.24) is 10.3 Å². The number of nitrogens with one attached hydrogen (secondary N) is 1. The molecule has 0 saturated carbocycles. The van der Waals surface area contributed by atoms with E-state index in [1.165, 1.54) is 6.42 Å². The molecule has 0 aromatic carbocycles. The second kappa shape index (κ2) is 7.01. The highest BCUT2D eigenvalue weighted by Gasteiger charge is 2.26. The first-order chi connectivity index (χ1) is 7.67. The van der Waals surface area contributed by atoms with Crippen LogP contribution in [-0.2, 0) is 4.74 Å². The summed E-state index contributed by atoms with van der Waals surface area (Å²) in [5, 5.41) is 0. The van der Waals surface area contributed by atoms with Gasteiger partial charge in [0.05, 0.1) is 18.8 Å². The first kappa shape index (κ1) is 13.6. The Labute approximate surface area is 98.8 Å². The Bertz CT molecular complexity index is 218. The highest BCUT2D eigenvalue weighted by atomic mass is 16.5. The van der Waals surface area contributed by atoms with Gasteiger partial charge in [-0.25, -0.2) is 0 Å². The van der Waals surface area contributed by atoms with Crippen LogP contribution in [0, 0.1) is 0 Å². The Kier molecular flexibility index (Phi) is 5.98. The summed E-state index contributed by atoms with van der Waals surface area (Å²) in [5.41, 5.74) is 3.99. The number of hydrogen-bond donors (Lipinski definition) is 2. The number of rotatable bonds is 6. The Balaban J connectivity index is 2.46. The fraction of sp³-hybridized carbons (Fsp3) is 0.833. The molecule has 16 heavy (non-hydrogen) atoms. The van der Waals surface area contributed by atoms with E-state index in [4.69, 9.17) is 10.6 Å². The third kappa shape index (κ3) is 4.22. The predicted molar refractivity (Wildman–Crippen MR) is 67.0 cm³/mol. The third-order valence-corrected chi connectivity index (χ3v) is 2.95. The molecule has 0 spiro atoms. The molecule has 1 aliphatic heterocycles. The van der Waals surface area contributed by atoms with Gasteiger partial charge >= 0.3 is 0 Å². The summed E-state index contributed by atoms with van der Waals surface area (Å²) in [6, 6.07) is 0.178. The molecule has 2 unspecified atom stereocenters. The molecule has 1 saturated heterocycles. The molecule has 1 rings (SSSR count). The largest absolute Gasteiger partial charge is 0.374 e. The summed E-state index contributed by atoms with van der Waals surface area (Å²) >= 11 is 0. The molecule has 4 nitrogen and oxygen atoms in total. The third-order valence-electron chi connectivity index (χ3n) is 2.95. The van der Waals surface area contributed by atoms with Crippen LogP contribution >= 0.6 is 0 Å². The van der Waals surface area contributed by atoms with Crippen LogP contribution in [0.2, 0.25) is 0 Å². The molecule has 0 aliphatic carbocycles. The van der Waals surface area contributed by atoms with Crippen molar-refractivity contribution in [3.05, 3.63) is 12.2 Å². The summed E-state index contributed by atoms with van der Waals surface area (Å²) in [5.74, 6) is 5.58. The van der Waals surface area contributed by atoms with E-state index in [2.05, 4.69) is 23.8 Å². The standard InChI is InChI=1S/C12H25N3O/c1-4-5-15-6-7-16-12(9-15)11(14-13)8-10(2)3/h11-12,14H,2,4-9,13H2,1,3H3. The van der Waals surface area contributed by atoms with E-state index in [-0.39, 0.29) is 12.1 Å². The maximum absolute atomic E-state index is 5.78. The van der Waals surface area contributed by atoms with Crippen molar-refractivity contribution in [1.29, 1.82) is 0 Å². The highest BCUT2D eigenvalue weighted by molar-refractivity contribution is 4.96. The molecule has 3 N–H and O–H groups in total. The molecular weight excluding hydrogens is 202 g/mol. The number of nitrogens with zero attached hydrogens (tertiary/aromatic N) is 1. The second-order valence-electron chi connectivity index (χ2n) is 4.64. The molecule has 1 fully saturated rings. The van der Waals surface area contributed by atoms with E-state index in [1.54, 1.807) is 0 Å². The van der Waals surface area contributed by atoms with Crippen LogP contribution in [0.25, 0.3) is 0 Å². The summed E-state index contributed by atoms with van der Waals surface area (Å²) in [4.78, 5) is 2.44. The van der Waals surface area contributed by atoms with Crippen molar-refractivity contribution in [2.75, 3.05) is 26.2 Å². The van der Waals surface area contributed by atoms with Crippen LogP contribution in [0.3, 0.4) is 0 Å². The lowest BCUT2D eigenvalue weighted by Gasteiger charge is -2.36. The Morgan fingerprint density at radius 2 is 2.44 bits per heavy atom. The van der Waals surface area contributed by atoms with E-state index in [0.717, 1.165) is 38.2 Å². The predicted octanol–water partition coefficient (Wildman–Crippen LogP) is 0.895. The smallest absolute Gasteiger partial charge is 0.0871 e. The van der Waals surface area contributed by atoms with E-state index in [9.17, 15) is 0 Å². The fourth-order valence-electron chi connectivity index (χ4n) is 2.17. The van der Waals surface area contributed by atoms with Gasteiger partial charge in [-0.3, -0.25) is 16.2 Å². The molecule has 0 aromatic rings.